The van der Waals surface area contributed by atoms with Crippen LogP contribution in [0.15, 0.2) is 17.5 Å². The Labute approximate surface area is 96.9 Å². The van der Waals surface area contributed by atoms with Gasteiger partial charge < -0.3 is 0 Å². The second-order valence-corrected chi connectivity index (χ2v) is 4.95. The largest absolute Gasteiger partial charge is 0.271 e. The number of hydrazine groups is 1. The van der Waals surface area contributed by atoms with E-state index in [2.05, 4.69) is 36.8 Å². The van der Waals surface area contributed by atoms with Crippen LogP contribution in [0.2, 0.25) is 0 Å². The van der Waals surface area contributed by atoms with Crippen LogP contribution in [0.5, 0.6) is 0 Å². The van der Waals surface area contributed by atoms with Crippen molar-refractivity contribution in [3.63, 3.8) is 0 Å². The van der Waals surface area contributed by atoms with E-state index in [1.54, 1.807) is 11.3 Å². The first-order valence-corrected chi connectivity index (χ1v) is 6.70. The Morgan fingerprint density at radius 1 is 1.47 bits per heavy atom. The number of nitrogens with one attached hydrogen (secondary N) is 1. The third-order valence-electron chi connectivity index (χ3n) is 2.95. The Morgan fingerprint density at radius 3 is 2.73 bits per heavy atom. The first kappa shape index (κ1) is 12.7. The lowest BCUT2D eigenvalue weighted by molar-refractivity contribution is 0.331. The number of nitrogens with two attached hydrogens (primary N) is 1. The monoisotopic (exact) mass is 226 g/mol. The van der Waals surface area contributed by atoms with Crippen LogP contribution in [0.3, 0.4) is 0 Å². The molecule has 3 heteroatoms. The van der Waals surface area contributed by atoms with Crippen LogP contribution in [0.4, 0.5) is 0 Å². The summed E-state index contributed by atoms with van der Waals surface area (Å²) in [6, 6.07) is 4.60. The number of rotatable bonds is 7. The van der Waals surface area contributed by atoms with E-state index in [1.165, 1.54) is 30.6 Å². The van der Waals surface area contributed by atoms with Gasteiger partial charge in [0.25, 0.3) is 0 Å². The molecule has 0 aliphatic carbocycles. The van der Waals surface area contributed by atoms with E-state index < -0.39 is 0 Å². The van der Waals surface area contributed by atoms with E-state index in [9.17, 15) is 0 Å². The van der Waals surface area contributed by atoms with Gasteiger partial charge in [-0.05, 0) is 23.8 Å². The molecule has 0 spiro atoms. The average molecular weight is 226 g/mol. The van der Waals surface area contributed by atoms with Gasteiger partial charge >= 0.3 is 0 Å². The molecule has 0 amide bonds. The predicted molar refractivity (Wildman–Crippen MR) is 67.7 cm³/mol. The van der Waals surface area contributed by atoms with Gasteiger partial charge in [0.1, 0.15) is 0 Å². The maximum atomic E-state index is 5.67. The molecule has 2 atom stereocenters. The third kappa shape index (κ3) is 3.59. The fourth-order valence-electron chi connectivity index (χ4n) is 1.99. The summed E-state index contributed by atoms with van der Waals surface area (Å²) < 4.78 is 0. The fraction of sp³-hybridized carbons (Fsp3) is 0.667. The van der Waals surface area contributed by atoms with Crippen LogP contribution in [0, 0.1) is 5.92 Å². The van der Waals surface area contributed by atoms with E-state index >= 15 is 0 Å². The van der Waals surface area contributed by atoms with Crippen LogP contribution in [-0.4, -0.2) is 0 Å². The lowest BCUT2D eigenvalue weighted by atomic mass is 9.91. The van der Waals surface area contributed by atoms with Gasteiger partial charge in [0.05, 0.1) is 6.04 Å². The van der Waals surface area contributed by atoms with Crippen molar-refractivity contribution in [3.8, 4) is 0 Å². The van der Waals surface area contributed by atoms with Gasteiger partial charge in [0.15, 0.2) is 0 Å². The minimum absolute atomic E-state index is 0.335. The zero-order chi connectivity index (χ0) is 11.1. The lowest BCUT2D eigenvalue weighted by Gasteiger charge is -2.24. The highest BCUT2D eigenvalue weighted by Gasteiger charge is 2.20. The van der Waals surface area contributed by atoms with Gasteiger partial charge in [-0.3, -0.25) is 11.3 Å². The Kier molecular flexibility index (Phi) is 5.91. The minimum Gasteiger partial charge on any atom is -0.271 e. The smallest absolute Gasteiger partial charge is 0.0581 e. The standard InChI is InChI=1S/C12H22N2S/c1-3-5-7-10(4-2)12(14-13)11-8-6-9-15-11/h6,8-10,12,14H,3-5,7,13H2,1-2H3. The van der Waals surface area contributed by atoms with Crippen LogP contribution in [0.25, 0.3) is 0 Å². The molecule has 2 unspecified atom stereocenters. The number of hydrogen-bond acceptors (Lipinski definition) is 3. The molecule has 0 fully saturated rings. The van der Waals surface area contributed by atoms with Gasteiger partial charge in [-0.2, -0.15) is 0 Å². The highest BCUT2D eigenvalue weighted by Crippen LogP contribution is 2.30. The molecule has 0 bridgehead atoms. The molecule has 0 aliphatic rings. The van der Waals surface area contributed by atoms with Crippen molar-refractivity contribution in [1.82, 2.24) is 5.43 Å². The molecule has 0 radical (unpaired) electrons. The summed E-state index contributed by atoms with van der Waals surface area (Å²) >= 11 is 1.79. The van der Waals surface area contributed by atoms with Crippen LogP contribution in [0.1, 0.15) is 50.4 Å². The topological polar surface area (TPSA) is 38.0 Å². The molecule has 0 aromatic carbocycles. The van der Waals surface area contributed by atoms with Crippen molar-refractivity contribution in [2.45, 2.75) is 45.6 Å². The van der Waals surface area contributed by atoms with Crippen molar-refractivity contribution < 1.29 is 0 Å². The van der Waals surface area contributed by atoms with Gasteiger partial charge in [0, 0.05) is 4.88 Å². The summed E-state index contributed by atoms with van der Waals surface area (Å²) in [4.78, 5) is 1.36. The highest BCUT2D eigenvalue weighted by molar-refractivity contribution is 7.10. The Morgan fingerprint density at radius 2 is 2.27 bits per heavy atom. The Hall–Kier alpha value is -0.380. The van der Waals surface area contributed by atoms with Gasteiger partial charge in [-0.1, -0.05) is 39.2 Å². The number of thiophene rings is 1. The maximum absolute atomic E-state index is 5.67. The van der Waals surface area contributed by atoms with Crippen molar-refractivity contribution in [3.05, 3.63) is 22.4 Å². The summed E-state index contributed by atoms with van der Waals surface area (Å²) in [5.41, 5.74) is 2.97. The van der Waals surface area contributed by atoms with Crippen LogP contribution in [-0.2, 0) is 0 Å². The molecule has 3 N–H and O–H groups in total. The molecule has 86 valence electrons. The second-order valence-electron chi connectivity index (χ2n) is 3.97. The molecule has 1 aromatic heterocycles. The zero-order valence-electron chi connectivity index (χ0n) is 9.70. The first-order chi connectivity index (χ1) is 7.33. The fourth-order valence-corrected chi connectivity index (χ4v) is 2.87. The van der Waals surface area contributed by atoms with Crippen molar-refractivity contribution in [2.75, 3.05) is 0 Å². The predicted octanol–water partition coefficient (Wildman–Crippen LogP) is 3.47. The van der Waals surface area contributed by atoms with Crippen molar-refractivity contribution in [1.29, 1.82) is 0 Å². The normalized spacial score (nSPS) is 15.1. The summed E-state index contributed by atoms with van der Waals surface area (Å²) in [6.07, 6.45) is 5.01. The molecule has 1 aromatic rings. The molecule has 1 heterocycles. The molecule has 0 saturated heterocycles. The van der Waals surface area contributed by atoms with E-state index in [-0.39, 0.29) is 0 Å². The Bertz CT molecular complexity index is 246. The van der Waals surface area contributed by atoms with Crippen LogP contribution >= 0.6 is 11.3 Å². The summed E-state index contributed by atoms with van der Waals surface area (Å²) in [5, 5.41) is 2.12. The summed E-state index contributed by atoms with van der Waals surface area (Å²) in [6.45, 7) is 4.49. The van der Waals surface area contributed by atoms with E-state index in [0.717, 1.165) is 0 Å². The van der Waals surface area contributed by atoms with E-state index in [4.69, 9.17) is 5.84 Å². The average Bonchev–Trinajstić information content (AvgIpc) is 2.77. The molecule has 2 nitrogen and oxygen atoms in total. The van der Waals surface area contributed by atoms with E-state index in [0.29, 0.717) is 12.0 Å². The quantitative estimate of drug-likeness (QED) is 0.552. The second kappa shape index (κ2) is 6.99. The van der Waals surface area contributed by atoms with Crippen LogP contribution < -0.4 is 11.3 Å². The first-order valence-electron chi connectivity index (χ1n) is 5.83. The zero-order valence-corrected chi connectivity index (χ0v) is 10.5. The molecule has 1 rings (SSSR count). The molecule has 0 saturated carbocycles. The summed E-state index contributed by atoms with van der Waals surface area (Å²) in [7, 11) is 0. The number of hydrogen-bond donors (Lipinski definition) is 2. The molecular formula is C12H22N2S. The third-order valence-corrected chi connectivity index (χ3v) is 3.91. The van der Waals surface area contributed by atoms with Gasteiger partial charge in [-0.15, -0.1) is 11.3 Å². The lowest BCUT2D eigenvalue weighted by Crippen LogP contribution is -2.32. The van der Waals surface area contributed by atoms with Crippen molar-refractivity contribution in [2.24, 2.45) is 11.8 Å². The van der Waals surface area contributed by atoms with Crippen molar-refractivity contribution >= 4 is 11.3 Å². The Balaban J connectivity index is 2.62. The number of unbranched alkanes of at least 4 members (excludes halogenated alkanes) is 1. The van der Waals surface area contributed by atoms with E-state index in [1.807, 2.05) is 0 Å². The molecular weight excluding hydrogens is 204 g/mol. The van der Waals surface area contributed by atoms with Gasteiger partial charge in [-0.25, -0.2) is 0 Å². The maximum Gasteiger partial charge on any atom is 0.0581 e. The van der Waals surface area contributed by atoms with Gasteiger partial charge in [0.2, 0.25) is 0 Å². The minimum atomic E-state index is 0.335. The highest BCUT2D eigenvalue weighted by atomic mass is 32.1. The molecule has 15 heavy (non-hydrogen) atoms. The SMILES string of the molecule is CCCCC(CC)C(NN)c1cccs1. The molecule has 0 aliphatic heterocycles. The summed E-state index contributed by atoms with van der Waals surface area (Å²) in [5.74, 6) is 6.33.